The topological polar surface area (TPSA) is 60.3 Å². The van der Waals surface area contributed by atoms with Gasteiger partial charge in [0.25, 0.3) is 11.5 Å². The van der Waals surface area contributed by atoms with Crippen LogP contribution in [0.15, 0.2) is 65.5 Å². The van der Waals surface area contributed by atoms with Gasteiger partial charge >= 0.3 is 0 Å². The first kappa shape index (κ1) is 19.7. The van der Waals surface area contributed by atoms with E-state index in [1.807, 2.05) is 56.3 Å². The van der Waals surface area contributed by atoms with Gasteiger partial charge in [-0.25, -0.2) is 0 Å². The van der Waals surface area contributed by atoms with Crippen molar-refractivity contribution in [3.05, 3.63) is 76.6 Å². The minimum absolute atomic E-state index is 0.0427. The van der Waals surface area contributed by atoms with E-state index in [0.29, 0.717) is 12.3 Å². The van der Waals surface area contributed by atoms with Crippen LogP contribution in [0.2, 0.25) is 0 Å². The molecule has 0 spiro atoms. The highest BCUT2D eigenvalue weighted by Crippen LogP contribution is 2.23. The molecule has 0 fully saturated rings. The molecule has 3 rings (SSSR count). The molecule has 28 heavy (non-hydrogen) atoms. The minimum atomic E-state index is -0.190. The van der Waals surface area contributed by atoms with Crippen molar-refractivity contribution in [2.24, 2.45) is 0 Å². The lowest BCUT2D eigenvalue weighted by atomic mass is 10.1. The second-order valence-electron chi connectivity index (χ2n) is 6.89. The number of amides is 1. The van der Waals surface area contributed by atoms with Crippen LogP contribution in [0.3, 0.4) is 0 Å². The molecule has 0 bridgehead atoms. The van der Waals surface area contributed by atoms with Crippen molar-refractivity contribution in [1.82, 2.24) is 9.88 Å². The monoisotopic (exact) mass is 378 g/mol. The second-order valence-corrected chi connectivity index (χ2v) is 6.89. The number of aryl methyl sites for hydroxylation is 2. The minimum Gasteiger partial charge on any atom is -0.483 e. The quantitative estimate of drug-likeness (QED) is 0.652. The lowest BCUT2D eigenvalue weighted by molar-refractivity contribution is -0.123. The first-order valence-electron chi connectivity index (χ1n) is 9.67. The Kier molecular flexibility index (Phi) is 6.48. The van der Waals surface area contributed by atoms with Crippen LogP contribution in [0, 0.1) is 0 Å². The highest BCUT2D eigenvalue weighted by atomic mass is 16.5. The Bertz CT molecular complexity index is 996. The highest BCUT2D eigenvalue weighted by Gasteiger charge is 2.12. The van der Waals surface area contributed by atoms with Gasteiger partial charge in [0.05, 0.1) is 5.52 Å². The van der Waals surface area contributed by atoms with Crippen molar-refractivity contribution in [2.75, 3.05) is 6.61 Å². The third-order valence-electron chi connectivity index (χ3n) is 4.77. The molecule has 1 N–H and O–H groups in total. The number of para-hydroxylation sites is 1. The number of rotatable bonds is 8. The van der Waals surface area contributed by atoms with Crippen molar-refractivity contribution >= 4 is 16.8 Å². The van der Waals surface area contributed by atoms with Gasteiger partial charge in [-0.1, -0.05) is 42.5 Å². The average Bonchev–Trinajstić information content (AvgIpc) is 2.71. The van der Waals surface area contributed by atoms with Gasteiger partial charge in [0, 0.05) is 24.0 Å². The summed E-state index contributed by atoms with van der Waals surface area (Å²) in [5.74, 6) is 0.252. The Labute approximate surface area is 165 Å². The first-order valence-corrected chi connectivity index (χ1v) is 9.67. The summed E-state index contributed by atoms with van der Waals surface area (Å²) in [7, 11) is 0. The van der Waals surface area contributed by atoms with Gasteiger partial charge in [-0.2, -0.15) is 0 Å². The van der Waals surface area contributed by atoms with Crippen molar-refractivity contribution in [1.29, 1.82) is 0 Å². The number of ether oxygens (including phenoxy) is 1. The number of hydrogen-bond donors (Lipinski definition) is 1. The molecule has 1 heterocycles. The summed E-state index contributed by atoms with van der Waals surface area (Å²) in [5, 5.41) is 3.79. The predicted octanol–water partition coefficient (Wildman–Crippen LogP) is 3.54. The summed E-state index contributed by atoms with van der Waals surface area (Å²) >= 11 is 0. The van der Waals surface area contributed by atoms with Gasteiger partial charge in [-0.15, -0.1) is 0 Å². The lowest BCUT2D eigenvalue weighted by Gasteiger charge is -2.16. The molecular weight excluding hydrogens is 352 g/mol. The van der Waals surface area contributed by atoms with E-state index in [4.69, 9.17) is 4.74 Å². The third-order valence-corrected chi connectivity index (χ3v) is 4.77. The van der Waals surface area contributed by atoms with E-state index < -0.39 is 0 Å². The smallest absolute Gasteiger partial charge is 0.258 e. The van der Waals surface area contributed by atoms with Gasteiger partial charge in [0.2, 0.25) is 0 Å². The summed E-state index contributed by atoms with van der Waals surface area (Å²) in [6.07, 6.45) is 1.76. The molecule has 0 aliphatic carbocycles. The number of nitrogens with zero attached hydrogens (tertiary/aromatic N) is 1. The predicted molar refractivity (Wildman–Crippen MR) is 112 cm³/mol. The zero-order valence-corrected chi connectivity index (χ0v) is 16.4. The SMILES string of the molecule is CCn1c(=O)cc(OCC(=O)N[C@H](C)CCc2ccccc2)c2ccccc21. The maximum Gasteiger partial charge on any atom is 0.258 e. The summed E-state index contributed by atoms with van der Waals surface area (Å²) in [6, 6.07) is 19.3. The zero-order valence-electron chi connectivity index (χ0n) is 16.4. The van der Waals surface area contributed by atoms with Crippen LogP contribution in [-0.2, 0) is 17.8 Å². The summed E-state index contributed by atoms with van der Waals surface area (Å²) in [6.45, 7) is 4.38. The molecule has 1 amide bonds. The molecule has 3 aromatic rings. The molecule has 5 nitrogen and oxygen atoms in total. The molecule has 0 radical (unpaired) electrons. The van der Waals surface area contributed by atoms with E-state index in [-0.39, 0.29) is 24.1 Å². The largest absolute Gasteiger partial charge is 0.483 e. The Morgan fingerprint density at radius 1 is 1.11 bits per heavy atom. The molecule has 0 aliphatic rings. The van der Waals surface area contributed by atoms with E-state index in [1.165, 1.54) is 11.6 Å². The Morgan fingerprint density at radius 2 is 1.82 bits per heavy atom. The van der Waals surface area contributed by atoms with Crippen molar-refractivity contribution in [3.8, 4) is 5.75 Å². The highest BCUT2D eigenvalue weighted by molar-refractivity contribution is 5.86. The van der Waals surface area contributed by atoms with Gasteiger partial charge in [0.15, 0.2) is 6.61 Å². The van der Waals surface area contributed by atoms with E-state index in [9.17, 15) is 9.59 Å². The average molecular weight is 378 g/mol. The number of carbonyl (C=O) groups is 1. The summed E-state index contributed by atoms with van der Waals surface area (Å²) in [4.78, 5) is 24.6. The molecule has 0 unspecified atom stereocenters. The van der Waals surface area contributed by atoms with Crippen LogP contribution in [0.25, 0.3) is 10.9 Å². The molecule has 146 valence electrons. The molecule has 5 heteroatoms. The number of pyridine rings is 1. The number of aromatic nitrogens is 1. The summed E-state index contributed by atoms with van der Waals surface area (Å²) < 4.78 is 7.39. The fourth-order valence-electron chi connectivity index (χ4n) is 3.31. The molecule has 1 atom stereocenters. The normalized spacial score (nSPS) is 11.9. The van der Waals surface area contributed by atoms with E-state index in [0.717, 1.165) is 23.7 Å². The standard InChI is InChI=1S/C23H26N2O3/c1-3-25-20-12-8-7-11-19(20)21(15-23(25)27)28-16-22(26)24-17(2)13-14-18-9-5-4-6-10-18/h4-12,15,17H,3,13-14,16H2,1-2H3,(H,24,26)/t17-/m1/s1. The van der Waals surface area contributed by atoms with Crippen molar-refractivity contribution in [2.45, 2.75) is 39.3 Å². The van der Waals surface area contributed by atoms with Gasteiger partial charge in [0.1, 0.15) is 5.75 Å². The Morgan fingerprint density at radius 3 is 2.57 bits per heavy atom. The molecule has 0 saturated carbocycles. The van der Waals surface area contributed by atoms with Gasteiger partial charge in [-0.05, 0) is 44.4 Å². The number of carbonyl (C=O) groups excluding carboxylic acids is 1. The van der Waals surface area contributed by atoms with Crippen molar-refractivity contribution < 1.29 is 9.53 Å². The molecule has 1 aromatic heterocycles. The Balaban J connectivity index is 1.59. The molecule has 0 saturated heterocycles. The van der Waals surface area contributed by atoms with E-state index >= 15 is 0 Å². The third kappa shape index (κ3) is 4.80. The van der Waals surface area contributed by atoms with Crippen LogP contribution in [0.4, 0.5) is 0 Å². The number of nitrogens with one attached hydrogen (secondary N) is 1. The van der Waals surface area contributed by atoms with Gasteiger partial charge in [-0.3, -0.25) is 9.59 Å². The van der Waals surface area contributed by atoms with Crippen LogP contribution in [0.5, 0.6) is 5.75 Å². The van der Waals surface area contributed by atoms with E-state index in [1.54, 1.807) is 4.57 Å². The number of fused-ring (bicyclic) bond motifs is 1. The fraction of sp³-hybridized carbons (Fsp3) is 0.304. The maximum atomic E-state index is 12.3. The van der Waals surface area contributed by atoms with Gasteiger partial charge < -0.3 is 14.6 Å². The zero-order chi connectivity index (χ0) is 19.9. The van der Waals surface area contributed by atoms with Crippen molar-refractivity contribution in [3.63, 3.8) is 0 Å². The first-order chi connectivity index (χ1) is 13.6. The number of benzene rings is 2. The van der Waals surface area contributed by atoms with E-state index in [2.05, 4.69) is 17.4 Å². The molecule has 0 aliphatic heterocycles. The molecule has 2 aromatic carbocycles. The van der Waals surface area contributed by atoms with Crippen LogP contribution in [0.1, 0.15) is 25.8 Å². The summed E-state index contributed by atoms with van der Waals surface area (Å²) in [5.41, 5.74) is 1.93. The lowest BCUT2D eigenvalue weighted by Crippen LogP contribution is -2.36. The maximum absolute atomic E-state index is 12.3. The number of hydrogen-bond acceptors (Lipinski definition) is 3. The van der Waals surface area contributed by atoms with Crippen LogP contribution < -0.4 is 15.6 Å². The second kappa shape index (κ2) is 9.22. The Hall–Kier alpha value is -3.08. The fourth-order valence-corrected chi connectivity index (χ4v) is 3.31. The molecular formula is C23H26N2O3. The van der Waals surface area contributed by atoms with Crippen LogP contribution in [-0.4, -0.2) is 23.1 Å². The van der Waals surface area contributed by atoms with Crippen LogP contribution >= 0.6 is 0 Å².